The van der Waals surface area contributed by atoms with Crippen LogP contribution in [0.25, 0.3) is 16.8 Å². The molecule has 3 N–H and O–H groups in total. The van der Waals surface area contributed by atoms with Gasteiger partial charge in [-0.15, -0.1) is 0 Å². The number of alkyl halides is 5. The van der Waals surface area contributed by atoms with E-state index in [1.54, 1.807) is 0 Å². The highest BCUT2D eigenvalue weighted by Crippen LogP contribution is 2.38. The topological polar surface area (TPSA) is 106 Å². The molecule has 2 aliphatic rings. The largest absolute Gasteiger partial charge is 0.418 e. The van der Waals surface area contributed by atoms with E-state index in [0.29, 0.717) is 25.7 Å². The second-order valence-electron chi connectivity index (χ2n) is 9.72. The Balaban J connectivity index is 1.34. The van der Waals surface area contributed by atoms with Crippen molar-refractivity contribution in [2.24, 2.45) is 5.92 Å². The van der Waals surface area contributed by atoms with Gasteiger partial charge in [0.15, 0.2) is 5.82 Å². The van der Waals surface area contributed by atoms with Gasteiger partial charge in [0.25, 0.3) is 5.91 Å². The third-order valence-corrected chi connectivity index (χ3v) is 7.19. The van der Waals surface area contributed by atoms with Gasteiger partial charge < -0.3 is 16.0 Å². The molecule has 2 atom stereocenters. The first-order valence-electron chi connectivity index (χ1n) is 12.2. The van der Waals surface area contributed by atoms with E-state index in [9.17, 15) is 31.5 Å². The summed E-state index contributed by atoms with van der Waals surface area (Å²) in [4.78, 5) is 30.8. The van der Waals surface area contributed by atoms with Gasteiger partial charge in [-0.25, -0.2) is 18.3 Å². The Morgan fingerprint density at radius 1 is 1.05 bits per heavy atom. The molecule has 0 unspecified atom stereocenters. The van der Waals surface area contributed by atoms with E-state index in [4.69, 9.17) is 5.73 Å². The standard InChI is InChI=1S/C25H25F5N6O2/c26-16-6-4-13(5-7-16)24(38)35-10-18(27)19(11-35)34-23(37)15-3-1-2-14(8-15)20-9-17(25(28,29)30)21-22(31)32-12-33-36(20)21/h1-3,8-9,12-13,16,18-19H,4-7,10-11H2,(H,34,37)(H2,31,32,33)/t13?,16?,18-,19+/m0/s1. The summed E-state index contributed by atoms with van der Waals surface area (Å²) in [6, 6.07) is 5.74. The van der Waals surface area contributed by atoms with Crippen molar-refractivity contribution in [3.05, 3.63) is 47.8 Å². The van der Waals surface area contributed by atoms with Crippen LogP contribution in [-0.4, -0.2) is 62.8 Å². The van der Waals surface area contributed by atoms with Crippen LogP contribution in [0.3, 0.4) is 0 Å². The Morgan fingerprint density at radius 2 is 1.79 bits per heavy atom. The first-order valence-corrected chi connectivity index (χ1v) is 12.2. The zero-order valence-electron chi connectivity index (χ0n) is 20.1. The smallest absolute Gasteiger partial charge is 0.382 e. The zero-order valence-corrected chi connectivity index (χ0v) is 20.1. The van der Waals surface area contributed by atoms with Gasteiger partial charge in [0, 0.05) is 23.6 Å². The van der Waals surface area contributed by atoms with Crippen LogP contribution in [0, 0.1) is 5.92 Å². The van der Waals surface area contributed by atoms with Gasteiger partial charge in [-0.2, -0.15) is 18.3 Å². The van der Waals surface area contributed by atoms with E-state index in [1.807, 2.05) is 0 Å². The molecule has 1 aromatic carbocycles. The summed E-state index contributed by atoms with van der Waals surface area (Å²) in [5, 5.41) is 6.50. The summed E-state index contributed by atoms with van der Waals surface area (Å²) in [5.41, 5.74) is 4.66. The zero-order chi connectivity index (χ0) is 27.2. The Hall–Kier alpha value is -3.77. The predicted octanol–water partition coefficient (Wildman–Crippen LogP) is 3.80. The molecule has 1 saturated carbocycles. The number of rotatable bonds is 4. The summed E-state index contributed by atoms with van der Waals surface area (Å²) in [6.07, 6.45) is -4.66. The summed E-state index contributed by atoms with van der Waals surface area (Å²) in [5.74, 6) is -1.57. The molecule has 202 valence electrons. The molecule has 1 saturated heterocycles. The third kappa shape index (κ3) is 4.88. The lowest BCUT2D eigenvalue weighted by molar-refractivity contribution is -0.137. The molecule has 0 bridgehead atoms. The van der Waals surface area contributed by atoms with Crippen LogP contribution >= 0.6 is 0 Å². The number of carbonyl (C=O) groups excluding carboxylic acids is 2. The Labute approximate surface area is 214 Å². The van der Waals surface area contributed by atoms with Crippen molar-refractivity contribution < 1.29 is 31.5 Å². The van der Waals surface area contributed by atoms with Gasteiger partial charge >= 0.3 is 6.18 Å². The molecule has 3 heterocycles. The highest BCUT2D eigenvalue weighted by Gasteiger charge is 2.40. The van der Waals surface area contributed by atoms with E-state index in [1.165, 1.54) is 29.2 Å². The molecule has 2 fully saturated rings. The SMILES string of the molecule is Nc1ncnn2c(-c3cccc(C(=O)N[C@@H]4CN(C(=O)C5CCC(F)CC5)C[C@@H]4F)c3)cc(C(F)(F)F)c12. The maximum absolute atomic E-state index is 14.8. The van der Waals surface area contributed by atoms with Crippen molar-refractivity contribution in [3.63, 3.8) is 0 Å². The number of nitrogens with two attached hydrogens (primary N) is 1. The average Bonchev–Trinajstić information content (AvgIpc) is 3.46. The number of hydrogen-bond donors (Lipinski definition) is 2. The molecule has 38 heavy (non-hydrogen) atoms. The monoisotopic (exact) mass is 536 g/mol. The molecule has 1 aliphatic carbocycles. The van der Waals surface area contributed by atoms with Gasteiger partial charge in [0.2, 0.25) is 5.91 Å². The molecule has 2 amide bonds. The maximum Gasteiger partial charge on any atom is 0.418 e. The normalized spacial score (nSPS) is 24.1. The Bertz CT molecular complexity index is 1370. The van der Waals surface area contributed by atoms with E-state index < -0.39 is 41.5 Å². The molecular weight excluding hydrogens is 511 g/mol. The van der Waals surface area contributed by atoms with Crippen LogP contribution in [0.2, 0.25) is 0 Å². The van der Waals surface area contributed by atoms with Crippen molar-refractivity contribution in [1.82, 2.24) is 24.8 Å². The Morgan fingerprint density at radius 3 is 2.50 bits per heavy atom. The molecule has 3 aromatic rings. The van der Waals surface area contributed by atoms with Crippen LogP contribution in [0.1, 0.15) is 41.6 Å². The van der Waals surface area contributed by atoms with E-state index >= 15 is 0 Å². The first kappa shape index (κ1) is 25.9. The number of fused-ring (bicyclic) bond motifs is 1. The summed E-state index contributed by atoms with van der Waals surface area (Å²) in [7, 11) is 0. The number of hydrogen-bond acceptors (Lipinski definition) is 5. The number of anilines is 1. The molecule has 5 rings (SSSR count). The quantitative estimate of drug-likeness (QED) is 0.494. The van der Waals surface area contributed by atoms with E-state index in [-0.39, 0.29) is 47.6 Å². The second-order valence-corrected chi connectivity index (χ2v) is 9.72. The van der Waals surface area contributed by atoms with Crippen molar-refractivity contribution in [2.75, 3.05) is 18.8 Å². The Kier molecular flexibility index (Phi) is 6.70. The lowest BCUT2D eigenvalue weighted by atomic mass is 9.87. The number of halogens is 5. The van der Waals surface area contributed by atoms with E-state index in [0.717, 1.165) is 16.9 Å². The fourth-order valence-electron chi connectivity index (χ4n) is 5.20. The number of nitrogens with one attached hydrogen (secondary N) is 1. The number of likely N-dealkylation sites (tertiary alicyclic amines) is 1. The number of aromatic nitrogens is 3. The maximum atomic E-state index is 14.8. The van der Waals surface area contributed by atoms with Crippen LogP contribution in [0.5, 0.6) is 0 Å². The molecule has 0 spiro atoms. The van der Waals surface area contributed by atoms with E-state index in [2.05, 4.69) is 15.4 Å². The number of carbonyl (C=O) groups is 2. The number of benzene rings is 1. The van der Waals surface area contributed by atoms with Gasteiger partial charge in [-0.1, -0.05) is 12.1 Å². The van der Waals surface area contributed by atoms with Gasteiger partial charge in [-0.05, 0) is 43.9 Å². The number of amides is 2. The van der Waals surface area contributed by atoms with Gasteiger partial charge in [-0.3, -0.25) is 9.59 Å². The molecule has 13 heteroatoms. The fraction of sp³-hybridized carbons (Fsp3) is 0.440. The van der Waals surface area contributed by atoms with Crippen LogP contribution < -0.4 is 11.1 Å². The summed E-state index contributed by atoms with van der Waals surface area (Å²) >= 11 is 0. The van der Waals surface area contributed by atoms with Crippen molar-refractivity contribution in [2.45, 2.75) is 50.2 Å². The van der Waals surface area contributed by atoms with Crippen LogP contribution in [0.4, 0.5) is 27.8 Å². The van der Waals surface area contributed by atoms with Crippen LogP contribution in [0.15, 0.2) is 36.7 Å². The molecule has 8 nitrogen and oxygen atoms in total. The van der Waals surface area contributed by atoms with Gasteiger partial charge in [0.1, 0.15) is 24.2 Å². The second kappa shape index (κ2) is 9.84. The highest BCUT2D eigenvalue weighted by atomic mass is 19.4. The number of nitrogens with zero attached hydrogens (tertiary/aromatic N) is 4. The lowest BCUT2D eigenvalue weighted by Gasteiger charge is -2.27. The molecule has 2 aromatic heterocycles. The highest BCUT2D eigenvalue weighted by molar-refractivity contribution is 5.96. The van der Waals surface area contributed by atoms with Crippen molar-refractivity contribution >= 4 is 23.1 Å². The predicted molar refractivity (Wildman–Crippen MR) is 127 cm³/mol. The number of nitrogen functional groups attached to an aromatic ring is 1. The van der Waals surface area contributed by atoms with Crippen molar-refractivity contribution in [1.29, 1.82) is 0 Å². The average molecular weight is 537 g/mol. The minimum Gasteiger partial charge on any atom is -0.382 e. The van der Waals surface area contributed by atoms with Crippen LogP contribution in [-0.2, 0) is 11.0 Å². The third-order valence-electron chi connectivity index (χ3n) is 7.19. The molecule has 0 radical (unpaired) electrons. The minimum atomic E-state index is -4.72. The molecular formula is C25H25F5N6O2. The summed E-state index contributed by atoms with van der Waals surface area (Å²) < 4.78 is 70.2. The fourth-order valence-corrected chi connectivity index (χ4v) is 5.20. The van der Waals surface area contributed by atoms with Gasteiger partial charge in [0.05, 0.1) is 23.8 Å². The summed E-state index contributed by atoms with van der Waals surface area (Å²) in [6.45, 7) is -0.188. The lowest BCUT2D eigenvalue weighted by Crippen LogP contribution is -2.42. The minimum absolute atomic E-state index is 0.0184. The molecule has 1 aliphatic heterocycles. The van der Waals surface area contributed by atoms with Crippen molar-refractivity contribution in [3.8, 4) is 11.3 Å². The first-order chi connectivity index (χ1) is 18.0.